The van der Waals surface area contributed by atoms with Gasteiger partial charge in [0, 0.05) is 0 Å². The van der Waals surface area contributed by atoms with Gasteiger partial charge in [-0.05, 0) is 32.0 Å². The molecule has 2 heteroatoms. The molecule has 0 aromatic heterocycles. The van der Waals surface area contributed by atoms with Crippen LogP contribution < -0.4 is 5.32 Å². The monoisotopic (exact) mass is 195 g/mol. The number of halogens is 1. The second kappa shape index (κ2) is 5.11. The Labute approximate surface area is 85.3 Å². The molecular formula is C12H18FN. The molecule has 14 heavy (non-hydrogen) atoms. The van der Waals surface area contributed by atoms with Crippen molar-refractivity contribution in [3.63, 3.8) is 0 Å². The molecule has 1 unspecified atom stereocenters. The second-order valence-corrected chi connectivity index (χ2v) is 3.54. The Bertz CT molecular complexity index is 260. The van der Waals surface area contributed by atoms with Crippen molar-refractivity contribution in [1.82, 2.24) is 5.32 Å². The van der Waals surface area contributed by atoms with Gasteiger partial charge >= 0.3 is 0 Å². The van der Waals surface area contributed by atoms with E-state index in [1.165, 1.54) is 0 Å². The maximum Gasteiger partial charge on any atom is 0.137 e. The average Bonchev–Trinajstić information content (AvgIpc) is 2.27. The van der Waals surface area contributed by atoms with Crippen LogP contribution in [0.25, 0.3) is 0 Å². The molecule has 0 fully saturated rings. The standard InChI is InChI=1S/C12H18FN/c1-3-12(13,9-10-14-2)11-7-5-4-6-8-11/h4-8,14H,3,9-10H2,1-2H3. The molecule has 1 rings (SSSR count). The summed E-state index contributed by atoms with van der Waals surface area (Å²) in [5.74, 6) is 0. The number of alkyl halides is 1. The van der Waals surface area contributed by atoms with E-state index >= 15 is 0 Å². The quantitative estimate of drug-likeness (QED) is 0.761. The molecule has 0 spiro atoms. The molecule has 0 bridgehead atoms. The van der Waals surface area contributed by atoms with Crippen LogP contribution in [0.3, 0.4) is 0 Å². The van der Waals surface area contributed by atoms with Crippen molar-refractivity contribution in [2.75, 3.05) is 13.6 Å². The average molecular weight is 195 g/mol. The lowest BCUT2D eigenvalue weighted by molar-refractivity contribution is 0.144. The van der Waals surface area contributed by atoms with Crippen molar-refractivity contribution in [2.24, 2.45) is 0 Å². The lowest BCUT2D eigenvalue weighted by Gasteiger charge is -2.24. The highest BCUT2D eigenvalue weighted by Gasteiger charge is 2.28. The largest absolute Gasteiger partial charge is 0.320 e. The van der Waals surface area contributed by atoms with Gasteiger partial charge < -0.3 is 5.32 Å². The third-order valence-corrected chi connectivity index (χ3v) is 2.62. The van der Waals surface area contributed by atoms with Crippen LogP contribution in [0.4, 0.5) is 4.39 Å². The molecule has 1 aromatic carbocycles. The van der Waals surface area contributed by atoms with E-state index in [-0.39, 0.29) is 0 Å². The van der Waals surface area contributed by atoms with Gasteiger partial charge in [-0.3, -0.25) is 0 Å². The summed E-state index contributed by atoms with van der Waals surface area (Å²) in [5.41, 5.74) is -0.387. The molecule has 1 atom stereocenters. The van der Waals surface area contributed by atoms with Crippen LogP contribution in [0, 0.1) is 0 Å². The lowest BCUT2D eigenvalue weighted by atomic mass is 9.90. The predicted molar refractivity (Wildman–Crippen MR) is 58.1 cm³/mol. The first-order valence-electron chi connectivity index (χ1n) is 5.12. The maximum atomic E-state index is 14.4. The van der Waals surface area contributed by atoms with E-state index in [1.54, 1.807) is 0 Å². The topological polar surface area (TPSA) is 12.0 Å². The fraction of sp³-hybridized carbons (Fsp3) is 0.500. The molecule has 1 N–H and O–H groups in total. The van der Waals surface area contributed by atoms with E-state index in [9.17, 15) is 4.39 Å². The third kappa shape index (κ3) is 2.55. The SMILES string of the molecule is CCC(F)(CCNC)c1ccccc1. The number of hydrogen-bond donors (Lipinski definition) is 1. The van der Waals surface area contributed by atoms with Crippen LogP contribution in [0.5, 0.6) is 0 Å². The molecule has 1 nitrogen and oxygen atoms in total. The smallest absolute Gasteiger partial charge is 0.137 e. The van der Waals surface area contributed by atoms with Gasteiger partial charge in [0.25, 0.3) is 0 Å². The van der Waals surface area contributed by atoms with Crippen molar-refractivity contribution in [3.05, 3.63) is 35.9 Å². The van der Waals surface area contributed by atoms with Gasteiger partial charge in [0.15, 0.2) is 0 Å². The van der Waals surface area contributed by atoms with Gasteiger partial charge in [-0.25, -0.2) is 4.39 Å². The van der Waals surface area contributed by atoms with E-state index < -0.39 is 5.67 Å². The van der Waals surface area contributed by atoms with Crippen LogP contribution in [-0.4, -0.2) is 13.6 Å². The molecule has 0 aliphatic rings. The van der Waals surface area contributed by atoms with Gasteiger partial charge in [-0.2, -0.15) is 0 Å². The molecule has 0 heterocycles. The van der Waals surface area contributed by atoms with Crippen molar-refractivity contribution in [2.45, 2.75) is 25.4 Å². The van der Waals surface area contributed by atoms with Gasteiger partial charge in [0.1, 0.15) is 5.67 Å². The van der Waals surface area contributed by atoms with Gasteiger partial charge in [0.2, 0.25) is 0 Å². The highest BCUT2D eigenvalue weighted by Crippen LogP contribution is 2.32. The number of rotatable bonds is 5. The minimum Gasteiger partial charge on any atom is -0.320 e. The molecule has 1 aromatic rings. The number of hydrogen-bond acceptors (Lipinski definition) is 1. The Morgan fingerprint density at radius 2 is 1.93 bits per heavy atom. The molecule has 78 valence electrons. The van der Waals surface area contributed by atoms with Crippen molar-refractivity contribution >= 4 is 0 Å². The van der Waals surface area contributed by atoms with E-state index in [0.29, 0.717) is 19.4 Å². The van der Waals surface area contributed by atoms with E-state index in [1.807, 2.05) is 44.3 Å². The summed E-state index contributed by atoms with van der Waals surface area (Å²) in [6.45, 7) is 2.60. The Morgan fingerprint density at radius 3 is 2.43 bits per heavy atom. The Balaban J connectivity index is 2.79. The van der Waals surface area contributed by atoms with E-state index in [2.05, 4.69) is 5.32 Å². The highest BCUT2D eigenvalue weighted by atomic mass is 19.1. The Morgan fingerprint density at radius 1 is 1.29 bits per heavy atom. The summed E-state index contributed by atoms with van der Waals surface area (Å²) in [5, 5.41) is 2.99. The summed E-state index contributed by atoms with van der Waals surface area (Å²) in [6.07, 6.45) is 1.06. The van der Waals surface area contributed by atoms with Crippen molar-refractivity contribution in [1.29, 1.82) is 0 Å². The zero-order valence-electron chi connectivity index (χ0n) is 8.89. The molecule has 0 radical (unpaired) electrons. The molecule has 0 aliphatic heterocycles. The molecule has 0 aliphatic carbocycles. The molecule has 0 amide bonds. The normalized spacial score (nSPS) is 15.1. The summed E-state index contributed by atoms with van der Waals surface area (Å²) < 4.78 is 14.4. The lowest BCUT2D eigenvalue weighted by Crippen LogP contribution is -2.24. The fourth-order valence-electron chi connectivity index (χ4n) is 1.59. The predicted octanol–water partition coefficient (Wildman–Crippen LogP) is 2.87. The van der Waals surface area contributed by atoms with Crippen molar-refractivity contribution < 1.29 is 4.39 Å². The first-order chi connectivity index (χ1) is 6.73. The second-order valence-electron chi connectivity index (χ2n) is 3.54. The highest BCUT2D eigenvalue weighted by molar-refractivity contribution is 5.22. The zero-order chi connectivity index (χ0) is 10.4. The van der Waals surface area contributed by atoms with Crippen LogP contribution in [0.1, 0.15) is 25.3 Å². The summed E-state index contributed by atoms with van der Waals surface area (Å²) >= 11 is 0. The minimum absolute atomic E-state index is 0.526. The number of benzene rings is 1. The summed E-state index contributed by atoms with van der Waals surface area (Å²) in [7, 11) is 1.85. The van der Waals surface area contributed by atoms with Crippen LogP contribution in [0.15, 0.2) is 30.3 Å². The van der Waals surface area contributed by atoms with Gasteiger partial charge in [-0.15, -0.1) is 0 Å². The van der Waals surface area contributed by atoms with Gasteiger partial charge in [-0.1, -0.05) is 37.3 Å². The van der Waals surface area contributed by atoms with E-state index in [0.717, 1.165) is 5.56 Å². The van der Waals surface area contributed by atoms with Gasteiger partial charge in [0.05, 0.1) is 0 Å². The molecule has 0 saturated heterocycles. The summed E-state index contributed by atoms with van der Waals surface area (Å²) in [6, 6.07) is 9.41. The minimum atomic E-state index is -1.18. The summed E-state index contributed by atoms with van der Waals surface area (Å²) in [4.78, 5) is 0. The van der Waals surface area contributed by atoms with E-state index in [4.69, 9.17) is 0 Å². The van der Waals surface area contributed by atoms with Crippen LogP contribution in [-0.2, 0) is 5.67 Å². The third-order valence-electron chi connectivity index (χ3n) is 2.62. The fourth-order valence-corrected chi connectivity index (χ4v) is 1.59. The van der Waals surface area contributed by atoms with Crippen LogP contribution in [0.2, 0.25) is 0 Å². The Hall–Kier alpha value is -0.890. The zero-order valence-corrected chi connectivity index (χ0v) is 8.89. The molecule has 0 saturated carbocycles. The first kappa shape index (κ1) is 11.2. The maximum absolute atomic E-state index is 14.4. The molecular weight excluding hydrogens is 177 g/mol. The number of nitrogens with one attached hydrogen (secondary N) is 1. The Kier molecular flexibility index (Phi) is 4.08. The van der Waals surface area contributed by atoms with Crippen molar-refractivity contribution in [3.8, 4) is 0 Å². The first-order valence-corrected chi connectivity index (χ1v) is 5.12. The van der Waals surface area contributed by atoms with Crippen LogP contribution >= 0.6 is 0 Å².